The number of aryl methyl sites for hydroxylation is 1. The van der Waals surface area contributed by atoms with Gasteiger partial charge in [0.05, 0.1) is 5.69 Å². The zero-order valence-corrected chi connectivity index (χ0v) is 12.8. The second-order valence-corrected chi connectivity index (χ2v) is 5.45. The van der Waals surface area contributed by atoms with Gasteiger partial charge in [-0.05, 0) is 29.0 Å². The molecule has 0 radical (unpaired) electrons. The van der Waals surface area contributed by atoms with Crippen molar-refractivity contribution in [2.75, 3.05) is 0 Å². The topological polar surface area (TPSA) is 38.4 Å². The summed E-state index contributed by atoms with van der Waals surface area (Å²) in [4.78, 5) is 4.63. The van der Waals surface area contributed by atoms with E-state index in [-0.39, 0.29) is 0 Å². The van der Waals surface area contributed by atoms with Crippen molar-refractivity contribution in [3.63, 3.8) is 0 Å². The van der Waals surface area contributed by atoms with E-state index in [1.54, 1.807) is 0 Å². The molecule has 22 heavy (non-hydrogen) atoms. The third-order valence-corrected chi connectivity index (χ3v) is 3.82. The SMILES string of the molecule is CCc1cccc(CC(N)=Nc2cccc3ccccc23)c1. The molecule has 2 nitrogen and oxygen atoms in total. The van der Waals surface area contributed by atoms with Crippen LogP contribution in [0.2, 0.25) is 0 Å². The summed E-state index contributed by atoms with van der Waals surface area (Å²) in [6.45, 7) is 2.16. The van der Waals surface area contributed by atoms with Gasteiger partial charge in [-0.2, -0.15) is 0 Å². The van der Waals surface area contributed by atoms with Crippen LogP contribution in [0.3, 0.4) is 0 Å². The van der Waals surface area contributed by atoms with Gasteiger partial charge in [-0.3, -0.25) is 0 Å². The Morgan fingerprint density at radius 2 is 1.64 bits per heavy atom. The van der Waals surface area contributed by atoms with Gasteiger partial charge in [0.15, 0.2) is 0 Å². The highest BCUT2D eigenvalue weighted by atomic mass is 14.9. The minimum atomic E-state index is 0.643. The van der Waals surface area contributed by atoms with E-state index in [0.29, 0.717) is 12.3 Å². The summed E-state index contributed by atoms with van der Waals surface area (Å²) in [5.74, 6) is 0.643. The third-order valence-electron chi connectivity index (χ3n) is 3.82. The maximum atomic E-state index is 6.17. The van der Waals surface area contributed by atoms with Crippen LogP contribution in [-0.2, 0) is 12.8 Å². The first-order valence-corrected chi connectivity index (χ1v) is 7.65. The van der Waals surface area contributed by atoms with Crippen LogP contribution in [-0.4, -0.2) is 5.84 Å². The Morgan fingerprint density at radius 1 is 0.909 bits per heavy atom. The molecule has 0 bridgehead atoms. The molecule has 0 unspecified atom stereocenters. The van der Waals surface area contributed by atoms with Gasteiger partial charge < -0.3 is 5.73 Å². The minimum absolute atomic E-state index is 0.643. The molecule has 0 aliphatic rings. The van der Waals surface area contributed by atoms with Crippen molar-refractivity contribution in [2.45, 2.75) is 19.8 Å². The molecule has 3 aromatic rings. The van der Waals surface area contributed by atoms with Crippen LogP contribution >= 0.6 is 0 Å². The summed E-state index contributed by atoms with van der Waals surface area (Å²) < 4.78 is 0. The Hall–Kier alpha value is -2.61. The van der Waals surface area contributed by atoms with E-state index in [9.17, 15) is 0 Å². The number of nitrogens with zero attached hydrogens (tertiary/aromatic N) is 1. The second-order valence-electron chi connectivity index (χ2n) is 5.45. The minimum Gasteiger partial charge on any atom is -0.387 e. The van der Waals surface area contributed by atoms with E-state index in [2.05, 4.69) is 54.4 Å². The van der Waals surface area contributed by atoms with Crippen LogP contribution in [0.5, 0.6) is 0 Å². The first kappa shape index (κ1) is 14.3. The average molecular weight is 288 g/mol. The molecule has 0 atom stereocenters. The summed E-state index contributed by atoms with van der Waals surface area (Å²) in [6, 6.07) is 22.9. The zero-order valence-electron chi connectivity index (χ0n) is 12.8. The summed E-state index contributed by atoms with van der Waals surface area (Å²) in [7, 11) is 0. The Morgan fingerprint density at radius 3 is 2.50 bits per heavy atom. The lowest BCUT2D eigenvalue weighted by atomic mass is 10.1. The van der Waals surface area contributed by atoms with Gasteiger partial charge in [0.2, 0.25) is 0 Å². The van der Waals surface area contributed by atoms with Crippen molar-refractivity contribution < 1.29 is 0 Å². The normalized spacial score (nSPS) is 11.8. The number of rotatable bonds is 4. The van der Waals surface area contributed by atoms with Crippen LogP contribution in [0.1, 0.15) is 18.1 Å². The van der Waals surface area contributed by atoms with E-state index in [1.165, 1.54) is 16.5 Å². The van der Waals surface area contributed by atoms with Crippen LogP contribution in [0.15, 0.2) is 71.7 Å². The smallest absolute Gasteiger partial charge is 0.104 e. The standard InChI is InChI=1S/C20H20N2/c1-2-15-7-5-8-16(13-15)14-20(21)22-19-12-6-10-17-9-3-4-11-18(17)19/h3-13H,2,14H2,1H3,(H2,21,22). The molecular weight excluding hydrogens is 268 g/mol. The number of hydrogen-bond acceptors (Lipinski definition) is 1. The first-order chi connectivity index (χ1) is 10.8. The van der Waals surface area contributed by atoms with E-state index in [4.69, 9.17) is 5.73 Å². The van der Waals surface area contributed by atoms with Gasteiger partial charge in [0.25, 0.3) is 0 Å². The van der Waals surface area contributed by atoms with Crippen LogP contribution in [0.25, 0.3) is 10.8 Å². The zero-order chi connectivity index (χ0) is 15.4. The van der Waals surface area contributed by atoms with Gasteiger partial charge in [0, 0.05) is 11.8 Å². The van der Waals surface area contributed by atoms with Crippen molar-refractivity contribution in [2.24, 2.45) is 10.7 Å². The van der Waals surface area contributed by atoms with Crippen LogP contribution < -0.4 is 5.73 Å². The number of amidine groups is 1. The number of nitrogens with two attached hydrogens (primary N) is 1. The molecule has 3 rings (SSSR count). The molecular formula is C20H20N2. The molecule has 0 saturated heterocycles. The highest BCUT2D eigenvalue weighted by Gasteiger charge is 2.02. The van der Waals surface area contributed by atoms with E-state index < -0.39 is 0 Å². The molecule has 0 spiro atoms. The highest BCUT2D eigenvalue weighted by Crippen LogP contribution is 2.25. The molecule has 3 aromatic carbocycles. The van der Waals surface area contributed by atoms with Crippen molar-refractivity contribution in [3.8, 4) is 0 Å². The van der Waals surface area contributed by atoms with Gasteiger partial charge in [-0.15, -0.1) is 0 Å². The molecule has 0 amide bonds. The van der Waals surface area contributed by atoms with Crippen molar-refractivity contribution in [1.82, 2.24) is 0 Å². The summed E-state index contributed by atoms with van der Waals surface area (Å²) in [6.07, 6.45) is 1.71. The molecule has 0 aliphatic heterocycles. The fourth-order valence-corrected chi connectivity index (χ4v) is 2.67. The lowest BCUT2D eigenvalue weighted by Gasteiger charge is -2.06. The fourth-order valence-electron chi connectivity index (χ4n) is 2.67. The molecule has 110 valence electrons. The quantitative estimate of drug-likeness (QED) is 0.551. The van der Waals surface area contributed by atoms with Gasteiger partial charge in [-0.25, -0.2) is 4.99 Å². The molecule has 2 N–H and O–H groups in total. The molecule has 0 aliphatic carbocycles. The fraction of sp³-hybridized carbons (Fsp3) is 0.150. The predicted molar refractivity (Wildman–Crippen MR) is 94.8 cm³/mol. The Kier molecular flexibility index (Phi) is 4.19. The summed E-state index contributed by atoms with van der Waals surface area (Å²) >= 11 is 0. The lowest BCUT2D eigenvalue weighted by molar-refractivity contribution is 1.12. The molecule has 0 fully saturated rings. The van der Waals surface area contributed by atoms with Gasteiger partial charge in [0.1, 0.15) is 5.84 Å². The molecule has 2 heteroatoms. The third kappa shape index (κ3) is 3.17. The van der Waals surface area contributed by atoms with Crippen molar-refractivity contribution in [1.29, 1.82) is 0 Å². The maximum absolute atomic E-state index is 6.17. The Bertz CT molecular complexity index is 813. The van der Waals surface area contributed by atoms with Crippen molar-refractivity contribution >= 4 is 22.3 Å². The lowest BCUT2D eigenvalue weighted by Crippen LogP contribution is -2.14. The molecule has 0 aromatic heterocycles. The summed E-state index contributed by atoms with van der Waals surface area (Å²) in [5, 5.41) is 2.32. The van der Waals surface area contributed by atoms with Gasteiger partial charge >= 0.3 is 0 Å². The van der Waals surface area contributed by atoms with E-state index in [0.717, 1.165) is 17.5 Å². The molecule has 0 saturated carbocycles. The number of benzene rings is 3. The maximum Gasteiger partial charge on any atom is 0.104 e. The highest BCUT2D eigenvalue weighted by molar-refractivity contribution is 5.96. The first-order valence-electron chi connectivity index (χ1n) is 7.65. The van der Waals surface area contributed by atoms with E-state index >= 15 is 0 Å². The largest absolute Gasteiger partial charge is 0.387 e. The average Bonchev–Trinajstić information content (AvgIpc) is 2.55. The van der Waals surface area contributed by atoms with Crippen molar-refractivity contribution in [3.05, 3.63) is 77.9 Å². The summed E-state index contributed by atoms with van der Waals surface area (Å²) in [5.41, 5.74) is 9.64. The van der Waals surface area contributed by atoms with Crippen LogP contribution in [0.4, 0.5) is 5.69 Å². The number of hydrogen-bond donors (Lipinski definition) is 1. The Balaban J connectivity index is 1.90. The second kappa shape index (κ2) is 6.44. The predicted octanol–water partition coefficient (Wildman–Crippen LogP) is 4.63. The van der Waals surface area contributed by atoms with Crippen LogP contribution in [0, 0.1) is 0 Å². The molecule has 0 heterocycles. The number of aliphatic imine (C=N–C) groups is 1. The van der Waals surface area contributed by atoms with Gasteiger partial charge in [-0.1, -0.05) is 67.6 Å². The monoisotopic (exact) mass is 288 g/mol. The van der Waals surface area contributed by atoms with E-state index in [1.807, 2.05) is 24.3 Å². The number of fused-ring (bicyclic) bond motifs is 1. The Labute approximate surface area is 131 Å².